The molecule has 1 N–H and O–H groups in total. The largest absolute Gasteiger partial charge is 0.491 e. The highest BCUT2D eigenvalue weighted by Gasteiger charge is 2.34. The van der Waals surface area contributed by atoms with Crippen LogP contribution in [-0.4, -0.2) is 19.2 Å². The zero-order valence-electron chi connectivity index (χ0n) is 9.26. The SMILES string of the molecule is FC(F)(F)c1ccccc1OC[C@@H]1CCCN1. The Labute approximate surface area is 97.8 Å². The minimum atomic E-state index is -4.36. The van der Waals surface area contributed by atoms with Crippen LogP contribution >= 0.6 is 0 Å². The Kier molecular flexibility index (Phi) is 3.57. The van der Waals surface area contributed by atoms with Gasteiger partial charge >= 0.3 is 6.18 Å². The summed E-state index contributed by atoms with van der Waals surface area (Å²) >= 11 is 0. The van der Waals surface area contributed by atoms with E-state index in [1.807, 2.05) is 0 Å². The first-order valence-electron chi connectivity index (χ1n) is 5.60. The first-order chi connectivity index (χ1) is 8.07. The van der Waals surface area contributed by atoms with Gasteiger partial charge in [-0.05, 0) is 31.5 Å². The normalized spacial score (nSPS) is 20.5. The molecule has 1 heterocycles. The molecule has 1 aliphatic rings. The highest BCUT2D eigenvalue weighted by Crippen LogP contribution is 2.35. The number of benzene rings is 1. The summed E-state index contributed by atoms with van der Waals surface area (Å²) in [6, 6.07) is 5.47. The Balaban J connectivity index is 2.04. The summed E-state index contributed by atoms with van der Waals surface area (Å²) in [7, 11) is 0. The molecule has 0 aromatic heterocycles. The Morgan fingerprint density at radius 3 is 2.71 bits per heavy atom. The third-order valence-corrected chi connectivity index (χ3v) is 2.79. The van der Waals surface area contributed by atoms with Gasteiger partial charge < -0.3 is 10.1 Å². The molecule has 5 heteroatoms. The fourth-order valence-electron chi connectivity index (χ4n) is 1.92. The van der Waals surface area contributed by atoms with Crippen LogP contribution in [0.25, 0.3) is 0 Å². The summed E-state index contributed by atoms with van der Waals surface area (Å²) in [4.78, 5) is 0. The molecule has 0 saturated carbocycles. The third kappa shape index (κ3) is 3.12. The van der Waals surface area contributed by atoms with Gasteiger partial charge in [-0.15, -0.1) is 0 Å². The van der Waals surface area contributed by atoms with Crippen molar-refractivity contribution in [3.05, 3.63) is 29.8 Å². The summed E-state index contributed by atoms with van der Waals surface area (Å²) < 4.78 is 43.2. The number of rotatable bonds is 3. The zero-order chi connectivity index (χ0) is 12.3. The predicted molar refractivity (Wildman–Crippen MR) is 58.0 cm³/mol. The molecular formula is C12H14F3NO. The van der Waals surface area contributed by atoms with Crippen LogP contribution < -0.4 is 10.1 Å². The summed E-state index contributed by atoms with van der Waals surface area (Å²) in [6.45, 7) is 1.20. The third-order valence-electron chi connectivity index (χ3n) is 2.79. The lowest BCUT2D eigenvalue weighted by molar-refractivity contribution is -0.139. The molecule has 0 bridgehead atoms. The second-order valence-electron chi connectivity index (χ2n) is 4.10. The number of nitrogens with one attached hydrogen (secondary N) is 1. The molecule has 0 radical (unpaired) electrons. The summed E-state index contributed by atoms with van der Waals surface area (Å²) in [5.41, 5.74) is -0.710. The Hall–Kier alpha value is -1.23. The smallest absolute Gasteiger partial charge is 0.419 e. The van der Waals surface area contributed by atoms with Crippen LogP contribution in [0, 0.1) is 0 Å². The highest BCUT2D eigenvalue weighted by molar-refractivity contribution is 5.35. The number of ether oxygens (including phenoxy) is 1. The predicted octanol–water partition coefficient (Wildman–Crippen LogP) is 2.84. The van der Waals surface area contributed by atoms with Crippen LogP contribution in [0.3, 0.4) is 0 Å². The molecule has 1 aromatic carbocycles. The fraction of sp³-hybridized carbons (Fsp3) is 0.500. The van der Waals surface area contributed by atoms with Gasteiger partial charge in [0.1, 0.15) is 12.4 Å². The second-order valence-corrected chi connectivity index (χ2v) is 4.10. The zero-order valence-corrected chi connectivity index (χ0v) is 9.26. The first-order valence-corrected chi connectivity index (χ1v) is 5.60. The Morgan fingerprint density at radius 2 is 2.06 bits per heavy atom. The lowest BCUT2D eigenvalue weighted by atomic mass is 10.2. The van der Waals surface area contributed by atoms with Crippen molar-refractivity contribution >= 4 is 0 Å². The summed E-state index contributed by atoms with van der Waals surface area (Å²) in [6.07, 6.45) is -2.36. The van der Waals surface area contributed by atoms with E-state index in [-0.39, 0.29) is 18.4 Å². The molecule has 2 rings (SSSR count). The number of hydrogen-bond acceptors (Lipinski definition) is 2. The van der Waals surface area contributed by atoms with E-state index >= 15 is 0 Å². The van der Waals surface area contributed by atoms with Crippen LogP contribution in [0.1, 0.15) is 18.4 Å². The molecule has 0 aliphatic carbocycles. The quantitative estimate of drug-likeness (QED) is 0.884. The van der Waals surface area contributed by atoms with Gasteiger partial charge in [0.2, 0.25) is 0 Å². The van der Waals surface area contributed by atoms with Gasteiger partial charge in [0, 0.05) is 6.04 Å². The summed E-state index contributed by atoms with van der Waals surface area (Å²) in [5, 5.41) is 3.18. The lowest BCUT2D eigenvalue weighted by Crippen LogP contribution is -2.28. The molecule has 0 spiro atoms. The van der Waals surface area contributed by atoms with Gasteiger partial charge in [0.05, 0.1) is 5.56 Å². The van der Waals surface area contributed by atoms with Gasteiger partial charge in [-0.25, -0.2) is 0 Å². The van der Waals surface area contributed by atoms with Crippen LogP contribution in [-0.2, 0) is 6.18 Å². The maximum absolute atomic E-state index is 12.7. The minimum Gasteiger partial charge on any atom is -0.491 e. The Morgan fingerprint density at radius 1 is 1.29 bits per heavy atom. The van der Waals surface area contributed by atoms with E-state index in [1.165, 1.54) is 12.1 Å². The van der Waals surface area contributed by atoms with Crippen LogP contribution in [0.2, 0.25) is 0 Å². The van der Waals surface area contributed by atoms with Gasteiger partial charge in [0.25, 0.3) is 0 Å². The molecule has 0 unspecified atom stereocenters. The number of alkyl halides is 3. The molecule has 1 saturated heterocycles. The molecule has 1 aromatic rings. The minimum absolute atomic E-state index is 0.0892. The van der Waals surface area contributed by atoms with Gasteiger partial charge in [-0.1, -0.05) is 12.1 Å². The summed E-state index contributed by atoms with van der Waals surface area (Å²) in [5.74, 6) is -0.0892. The standard InChI is InChI=1S/C12H14F3NO/c13-12(14,15)10-5-1-2-6-11(10)17-8-9-4-3-7-16-9/h1-2,5-6,9,16H,3-4,7-8H2/t9-/m0/s1. The molecule has 1 atom stereocenters. The highest BCUT2D eigenvalue weighted by atomic mass is 19.4. The molecule has 17 heavy (non-hydrogen) atoms. The van der Waals surface area contributed by atoms with Crippen molar-refractivity contribution in [2.24, 2.45) is 0 Å². The van der Waals surface area contributed by atoms with Crippen molar-refractivity contribution in [2.75, 3.05) is 13.2 Å². The monoisotopic (exact) mass is 245 g/mol. The van der Waals surface area contributed by atoms with Crippen LogP contribution in [0.4, 0.5) is 13.2 Å². The van der Waals surface area contributed by atoms with Crippen molar-refractivity contribution in [2.45, 2.75) is 25.1 Å². The van der Waals surface area contributed by atoms with Crippen LogP contribution in [0.5, 0.6) is 5.75 Å². The molecule has 94 valence electrons. The van der Waals surface area contributed by atoms with Gasteiger partial charge in [0.15, 0.2) is 0 Å². The van der Waals surface area contributed by atoms with Crippen molar-refractivity contribution in [1.29, 1.82) is 0 Å². The average molecular weight is 245 g/mol. The van der Waals surface area contributed by atoms with E-state index in [0.717, 1.165) is 25.5 Å². The number of halogens is 3. The molecular weight excluding hydrogens is 231 g/mol. The van der Waals surface area contributed by atoms with E-state index in [1.54, 1.807) is 6.07 Å². The van der Waals surface area contributed by atoms with E-state index in [2.05, 4.69) is 5.32 Å². The van der Waals surface area contributed by atoms with E-state index in [0.29, 0.717) is 0 Å². The fourth-order valence-corrected chi connectivity index (χ4v) is 1.92. The average Bonchev–Trinajstić information content (AvgIpc) is 2.78. The molecule has 0 amide bonds. The molecule has 1 aliphatic heterocycles. The van der Waals surface area contributed by atoms with E-state index < -0.39 is 11.7 Å². The topological polar surface area (TPSA) is 21.3 Å². The second kappa shape index (κ2) is 4.96. The van der Waals surface area contributed by atoms with Gasteiger partial charge in [-0.2, -0.15) is 13.2 Å². The first kappa shape index (κ1) is 12.2. The number of hydrogen-bond donors (Lipinski definition) is 1. The van der Waals surface area contributed by atoms with Crippen LogP contribution in [0.15, 0.2) is 24.3 Å². The van der Waals surface area contributed by atoms with E-state index in [4.69, 9.17) is 4.74 Å². The van der Waals surface area contributed by atoms with Crippen molar-refractivity contribution in [1.82, 2.24) is 5.32 Å². The number of para-hydroxylation sites is 1. The maximum Gasteiger partial charge on any atom is 0.419 e. The molecule has 1 fully saturated rings. The lowest BCUT2D eigenvalue weighted by Gasteiger charge is -2.16. The maximum atomic E-state index is 12.7. The molecule has 2 nitrogen and oxygen atoms in total. The van der Waals surface area contributed by atoms with E-state index in [9.17, 15) is 13.2 Å². The van der Waals surface area contributed by atoms with Crippen molar-refractivity contribution < 1.29 is 17.9 Å². The van der Waals surface area contributed by atoms with Crippen molar-refractivity contribution in [3.8, 4) is 5.75 Å². The van der Waals surface area contributed by atoms with Crippen molar-refractivity contribution in [3.63, 3.8) is 0 Å². The van der Waals surface area contributed by atoms with Gasteiger partial charge in [-0.3, -0.25) is 0 Å². The Bertz CT molecular complexity index is 372.